The van der Waals surface area contributed by atoms with E-state index in [1.165, 1.54) is 0 Å². The molecule has 23 heavy (non-hydrogen) atoms. The number of ether oxygens (including phenoxy) is 1. The Labute approximate surface area is 144 Å². The number of aryl methyl sites for hydroxylation is 1. The van der Waals surface area contributed by atoms with Gasteiger partial charge in [-0.1, -0.05) is 23.2 Å². The first kappa shape index (κ1) is 17.3. The van der Waals surface area contributed by atoms with Crippen LogP contribution in [0.2, 0.25) is 10.0 Å². The molecule has 0 bridgehead atoms. The molecule has 0 aliphatic rings. The van der Waals surface area contributed by atoms with Crippen molar-refractivity contribution in [3.05, 3.63) is 45.2 Å². The Morgan fingerprint density at radius 1 is 1.35 bits per heavy atom. The number of halogens is 2. The van der Waals surface area contributed by atoms with Crippen molar-refractivity contribution in [1.29, 1.82) is 0 Å². The van der Waals surface area contributed by atoms with Crippen molar-refractivity contribution in [3.8, 4) is 5.75 Å². The van der Waals surface area contributed by atoms with E-state index in [-0.39, 0.29) is 18.5 Å². The molecule has 0 aliphatic carbocycles. The monoisotopic (exact) mass is 354 g/mol. The molecule has 1 aromatic heterocycles. The van der Waals surface area contributed by atoms with Gasteiger partial charge in [0, 0.05) is 11.6 Å². The van der Waals surface area contributed by atoms with Crippen LogP contribution in [0.5, 0.6) is 5.75 Å². The van der Waals surface area contributed by atoms with E-state index in [1.807, 2.05) is 6.92 Å². The lowest BCUT2D eigenvalue weighted by molar-refractivity contribution is 0.0951. The van der Waals surface area contributed by atoms with Gasteiger partial charge in [0.05, 0.1) is 22.0 Å². The number of aromatic nitrogens is 2. The molecular weight excluding hydrogens is 339 g/mol. The van der Waals surface area contributed by atoms with Gasteiger partial charge < -0.3 is 15.8 Å². The number of nitrogens with two attached hydrogens (primary N) is 1. The van der Waals surface area contributed by atoms with Crippen molar-refractivity contribution in [2.45, 2.75) is 20.5 Å². The highest BCUT2D eigenvalue weighted by Crippen LogP contribution is 2.28. The van der Waals surface area contributed by atoms with Crippen LogP contribution in [0.25, 0.3) is 0 Å². The minimum Gasteiger partial charge on any atom is -0.486 e. The van der Waals surface area contributed by atoms with Crippen LogP contribution in [0.15, 0.2) is 18.2 Å². The highest BCUT2D eigenvalue weighted by atomic mass is 35.5. The fraction of sp³-hybridized carbons (Fsp3) is 0.267. The van der Waals surface area contributed by atoms with Crippen LogP contribution in [-0.2, 0) is 6.61 Å². The third-order valence-electron chi connectivity index (χ3n) is 3.00. The van der Waals surface area contributed by atoms with Gasteiger partial charge in [0.15, 0.2) is 0 Å². The molecule has 6 nitrogen and oxygen atoms in total. The first-order valence-corrected chi connectivity index (χ1v) is 7.67. The lowest BCUT2D eigenvalue weighted by atomic mass is 10.1. The number of nitrogens with one attached hydrogen (secondary N) is 1. The van der Waals surface area contributed by atoms with Gasteiger partial charge in [-0.3, -0.25) is 4.79 Å². The summed E-state index contributed by atoms with van der Waals surface area (Å²) in [6, 6.07) is 4.88. The van der Waals surface area contributed by atoms with Crippen molar-refractivity contribution in [3.63, 3.8) is 0 Å². The van der Waals surface area contributed by atoms with Gasteiger partial charge in [0.25, 0.3) is 5.91 Å². The van der Waals surface area contributed by atoms with Gasteiger partial charge in [-0.2, -0.15) is 0 Å². The van der Waals surface area contributed by atoms with Crippen LogP contribution in [0.1, 0.15) is 28.7 Å². The van der Waals surface area contributed by atoms with E-state index in [0.29, 0.717) is 39.3 Å². The van der Waals surface area contributed by atoms with Gasteiger partial charge in [-0.05, 0) is 32.0 Å². The maximum atomic E-state index is 12.2. The highest BCUT2D eigenvalue weighted by molar-refractivity contribution is 6.35. The molecule has 0 radical (unpaired) electrons. The Bertz CT molecular complexity index is 738. The second-order valence-corrected chi connectivity index (χ2v) is 5.56. The quantitative estimate of drug-likeness (QED) is 0.861. The van der Waals surface area contributed by atoms with E-state index in [0.717, 1.165) is 0 Å². The number of amides is 1. The van der Waals surface area contributed by atoms with Crippen molar-refractivity contribution >= 4 is 35.1 Å². The van der Waals surface area contributed by atoms with Gasteiger partial charge >= 0.3 is 0 Å². The number of benzene rings is 1. The predicted octanol–water partition coefficient (Wildman–Crippen LogP) is 3.00. The summed E-state index contributed by atoms with van der Waals surface area (Å²) >= 11 is 11.9. The molecule has 0 aliphatic heterocycles. The summed E-state index contributed by atoms with van der Waals surface area (Å²) in [4.78, 5) is 20.3. The summed E-state index contributed by atoms with van der Waals surface area (Å²) in [5.41, 5.74) is 6.91. The zero-order valence-electron chi connectivity index (χ0n) is 12.7. The van der Waals surface area contributed by atoms with Crippen molar-refractivity contribution in [2.75, 3.05) is 12.3 Å². The van der Waals surface area contributed by atoms with Crippen LogP contribution in [0.3, 0.4) is 0 Å². The largest absolute Gasteiger partial charge is 0.486 e. The average Bonchev–Trinajstić information content (AvgIpc) is 2.45. The van der Waals surface area contributed by atoms with Crippen LogP contribution in [-0.4, -0.2) is 22.4 Å². The maximum Gasteiger partial charge on any atom is 0.255 e. The highest BCUT2D eigenvalue weighted by Gasteiger charge is 2.18. The number of hydrogen-bond acceptors (Lipinski definition) is 5. The van der Waals surface area contributed by atoms with Gasteiger partial charge in [0.2, 0.25) is 5.95 Å². The van der Waals surface area contributed by atoms with Crippen LogP contribution in [0, 0.1) is 6.92 Å². The first-order valence-electron chi connectivity index (χ1n) is 6.91. The molecule has 2 rings (SSSR count). The summed E-state index contributed by atoms with van der Waals surface area (Å²) in [7, 11) is 0. The fourth-order valence-corrected chi connectivity index (χ4v) is 2.51. The molecule has 8 heteroatoms. The van der Waals surface area contributed by atoms with E-state index in [1.54, 1.807) is 25.1 Å². The number of nitrogen functional groups attached to an aromatic ring is 1. The molecule has 0 atom stereocenters. The van der Waals surface area contributed by atoms with Crippen LogP contribution >= 0.6 is 23.2 Å². The lowest BCUT2D eigenvalue weighted by Gasteiger charge is -2.13. The zero-order valence-corrected chi connectivity index (χ0v) is 14.2. The minimum atomic E-state index is -0.272. The van der Waals surface area contributed by atoms with Crippen molar-refractivity contribution < 1.29 is 9.53 Å². The van der Waals surface area contributed by atoms with E-state index >= 15 is 0 Å². The molecule has 0 unspecified atom stereocenters. The number of hydrogen-bond donors (Lipinski definition) is 2. The second kappa shape index (κ2) is 7.48. The topological polar surface area (TPSA) is 90.1 Å². The molecule has 3 N–H and O–H groups in total. The predicted molar refractivity (Wildman–Crippen MR) is 90.0 cm³/mol. The summed E-state index contributed by atoms with van der Waals surface area (Å²) in [5.74, 6) is 0.245. The molecular formula is C15H16Cl2N4O2. The van der Waals surface area contributed by atoms with E-state index in [4.69, 9.17) is 33.7 Å². The number of anilines is 1. The van der Waals surface area contributed by atoms with E-state index < -0.39 is 0 Å². The molecule has 2 aromatic rings. The molecule has 1 aromatic carbocycles. The Morgan fingerprint density at radius 3 is 2.74 bits per heavy atom. The standard InChI is InChI=1S/C15H16Cl2N4O2/c1-3-19-14(22)13-8(2)20-15(18)21-11(13)7-23-12-5-4-9(16)6-10(12)17/h4-6H,3,7H2,1-2H3,(H,19,22)(H2,18,20,21). The zero-order chi connectivity index (χ0) is 17.0. The molecule has 0 saturated heterocycles. The Balaban J connectivity index is 2.29. The van der Waals surface area contributed by atoms with Crippen molar-refractivity contribution in [2.24, 2.45) is 0 Å². The number of rotatable bonds is 5. The smallest absolute Gasteiger partial charge is 0.255 e. The van der Waals surface area contributed by atoms with Crippen LogP contribution < -0.4 is 15.8 Å². The SMILES string of the molecule is CCNC(=O)c1c(C)nc(N)nc1COc1ccc(Cl)cc1Cl. The third-order valence-corrected chi connectivity index (χ3v) is 3.54. The van der Waals surface area contributed by atoms with E-state index in [2.05, 4.69) is 15.3 Å². The minimum absolute atomic E-state index is 0.0291. The van der Waals surface area contributed by atoms with Crippen molar-refractivity contribution in [1.82, 2.24) is 15.3 Å². The van der Waals surface area contributed by atoms with Gasteiger partial charge in [-0.25, -0.2) is 9.97 Å². The third kappa shape index (κ3) is 4.24. The van der Waals surface area contributed by atoms with Crippen LogP contribution in [0.4, 0.5) is 5.95 Å². The molecule has 0 spiro atoms. The van der Waals surface area contributed by atoms with E-state index in [9.17, 15) is 4.79 Å². The molecule has 0 saturated carbocycles. The lowest BCUT2D eigenvalue weighted by Crippen LogP contribution is -2.26. The van der Waals surface area contributed by atoms with Gasteiger partial charge in [-0.15, -0.1) is 0 Å². The molecule has 122 valence electrons. The molecule has 1 amide bonds. The normalized spacial score (nSPS) is 10.4. The number of carbonyl (C=O) groups excluding carboxylic acids is 1. The summed E-state index contributed by atoms with van der Waals surface area (Å²) < 4.78 is 5.64. The number of nitrogens with zero attached hydrogens (tertiary/aromatic N) is 2. The Hall–Kier alpha value is -2.05. The summed E-state index contributed by atoms with van der Waals surface area (Å²) in [5, 5.41) is 3.60. The summed E-state index contributed by atoms with van der Waals surface area (Å²) in [6.45, 7) is 4.05. The fourth-order valence-electron chi connectivity index (χ4n) is 2.04. The Kier molecular flexibility index (Phi) is 5.63. The molecule has 1 heterocycles. The number of carbonyl (C=O) groups is 1. The maximum absolute atomic E-state index is 12.2. The Morgan fingerprint density at radius 2 is 2.09 bits per heavy atom. The first-order chi connectivity index (χ1) is 10.9. The average molecular weight is 355 g/mol. The van der Waals surface area contributed by atoms with Gasteiger partial charge in [0.1, 0.15) is 12.4 Å². The summed E-state index contributed by atoms with van der Waals surface area (Å²) in [6.07, 6.45) is 0. The second-order valence-electron chi connectivity index (χ2n) is 4.71. The molecule has 0 fully saturated rings.